The molecule has 0 bridgehead atoms. The van der Waals surface area contributed by atoms with Gasteiger partial charge in [0.05, 0.1) is 0 Å². The van der Waals surface area contributed by atoms with Crippen LogP contribution in [0.25, 0.3) is 11.1 Å². The van der Waals surface area contributed by atoms with Crippen LogP contribution in [0.3, 0.4) is 0 Å². The lowest BCUT2D eigenvalue weighted by Crippen LogP contribution is -2.32. The first-order valence-corrected chi connectivity index (χ1v) is 28.6. The molecule has 75 heavy (non-hydrogen) atoms. The molecule has 0 amide bonds. The van der Waals surface area contributed by atoms with Crippen molar-refractivity contribution in [3.8, 4) is 11.1 Å². The first-order valence-electron chi connectivity index (χ1n) is 24.6. The van der Waals surface area contributed by atoms with E-state index >= 15 is 0 Å². The molecule has 0 spiro atoms. The second-order valence-electron chi connectivity index (χ2n) is 17.0. The van der Waals surface area contributed by atoms with Gasteiger partial charge in [0.15, 0.2) is 0 Å². The van der Waals surface area contributed by atoms with Crippen LogP contribution in [0, 0.1) is 0 Å². The van der Waals surface area contributed by atoms with Crippen LogP contribution < -0.4 is 15.3 Å². The quantitative estimate of drug-likeness (QED) is 0.130. The van der Waals surface area contributed by atoms with Crippen molar-refractivity contribution in [3.05, 3.63) is 259 Å². The maximum absolute atomic E-state index is 9.36. The molecule has 0 aromatic heterocycles. The van der Waals surface area contributed by atoms with Crippen molar-refractivity contribution < 1.29 is 14.8 Å². The highest BCUT2D eigenvalue weighted by Crippen LogP contribution is 2.52. The van der Waals surface area contributed by atoms with E-state index in [9.17, 15) is 10.0 Å². The normalized spacial score (nSPS) is 11.5. The van der Waals surface area contributed by atoms with Crippen molar-refractivity contribution >= 4 is 110 Å². The van der Waals surface area contributed by atoms with E-state index in [1.54, 1.807) is 36.7 Å². The number of hydrogen-bond acceptors (Lipinski definition) is 9. The van der Waals surface area contributed by atoms with Gasteiger partial charge in [-0.3, -0.25) is 0 Å². The molecule has 10 aromatic rings. The minimum atomic E-state index is -1.41. The van der Waals surface area contributed by atoms with E-state index in [2.05, 4.69) is 245 Å². The third kappa shape index (κ3) is 13.7. The molecule has 12 rings (SSSR count). The van der Waals surface area contributed by atoms with Gasteiger partial charge >= 0.3 is 7.12 Å². The van der Waals surface area contributed by atoms with Crippen molar-refractivity contribution in [2.75, 3.05) is 23.5 Å². The number of hydrogen-bond donors (Lipinski definition) is 2. The summed E-state index contributed by atoms with van der Waals surface area (Å²) in [6, 6.07) is 88.2. The number of rotatable bonds is 10. The van der Waals surface area contributed by atoms with Gasteiger partial charge in [0, 0.05) is 91.5 Å². The molecule has 5 nitrogen and oxygen atoms in total. The molecular formula is C64H54BBrN2O3S4. The Morgan fingerprint density at radius 2 is 0.733 bits per heavy atom. The Balaban J connectivity index is 0.000000140. The van der Waals surface area contributed by atoms with Crippen LogP contribution in [-0.2, 0) is 4.74 Å². The average Bonchev–Trinajstić information content (AvgIpc) is 3.46. The summed E-state index contributed by atoms with van der Waals surface area (Å²) in [5, 5.41) is 18.7. The molecule has 2 aliphatic heterocycles. The third-order valence-corrected chi connectivity index (χ3v) is 17.6. The molecule has 0 saturated heterocycles. The fourth-order valence-electron chi connectivity index (χ4n) is 8.34. The SMILES string of the molecule is Brc1ccc(N(c2ccccc2)c2ccccc2)cc1.CCCOC.OB(O)c1cccc2c1Sc1ccccc1S2.c1ccc(N(c2ccccc2)c2ccc(-c3cccc4c3Sc3ccccc3S4)cc2)cc1. The Morgan fingerprint density at radius 3 is 1.13 bits per heavy atom. The highest BCUT2D eigenvalue weighted by atomic mass is 79.9. The first-order chi connectivity index (χ1) is 36.9. The third-order valence-electron chi connectivity index (χ3n) is 11.8. The number of ether oxygens (including phenoxy) is 1. The average molecular weight is 1120 g/mol. The molecule has 0 fully saturated rings. The molecule has 0 aliphatic carbocycles. The summed E-state index contributed by atoms with van der Waals surface area (Å²) in [6.45, 7) is 2.98. The fraction of sp³-hybridized carbons (Fsp3) is 0.0625. The van der Waals surface area contributed by atoms with Crippen LogP contribution in [0.15, 0.2) is 298 Å². The molecule has 372 valence electrons. The van der Waals surface area contributed by atoms with Crippen molar-refractivity contribution in [1.29, 1.82) is 0 Å². The molecule has 10 aromatic carbocycles. The zero-order chi connectivity index (χ0) is 51.8. The zero-order valence-electron chi connectivity index (χ0n) is 41.4. The van der Waals surface area contributed by atoms with E-state index in [1.165, 1.54) is 35.6 Å². The van der Waals surface area contributed by atoms with Crippen LogP contribution in [0.2, 0.25) is 0 Å². The lowest BCUT2D eigenvalue weighted by atomic mass is 9.80. The van der Waals surface area contributed by atoms with Crippen LogP contribution in [0.5, 0.6) is 0 Å². The summed E-state index contributed by atoms with van der Waals surface area (Å²) in [5.41, 5.74) is 10.0. The Hall–Kier alpha value is -6.38. The van der Waals surface area contributed by atoms with Gasteiger partial charge in [-0.25, -0.2) is 0 Å². The maximum atomic E-state index is 9.36. The number of fused-ring (bicyclic) bond motifs is 4. The van der Waals surface area contributed by atoms with E-state index in [-0.39, 0.29) is 0 Å². The van der Waals surface area contributed by atoms with Gasteiger partial charge in [-0.1, -0.05) is 203 Å². The molecule has 2 heterocycles. The lowest BCUT2D eigenvalue weighted by molar-refractivity contribution is 0.199. The van der Waals surface area contributed by atoms with E-state index in [0.29, 0.717) is 5.46 Å². The zero-order valence-corrected chi connectivity index (χ0v) is 46.3. The Kier molecular flexibility index (Phi) is 19.2. The minimum absolute atomic E-state index is 0.578. The van der Waals surface area contributed by atoms with E-state index in [0.717, 1.165) is 66.3 Å². The first kappa shape index (κ1) is 53.5. The Bertz CT molecular complexity index is 3300. The number of anilines is 6. The molecule has 2 N–H and O–H groups in total. The van der Waals surface area contributed by atoms with Crippen molar-refractivity contribution in [3.63, 3.8) is 0 Å². The molecule has 0 atom stereocenters. The number of benzene rings is 10. The van der Waals surface area contributed by atoms with Gasteiger partial charge in [-0.15, -0.1) is 0 Å². The highest BCUT2D eigenvalue weighted by Gasteiger charge is 2.25. The predicted molar refractivity (Wildman–Crippen MR) is 323 cm³/mol. The smallest absolute Gasteiger partial charge is 0.423 e. The van der Waals surface area contributed by atoms with Gasteiger partial charge in [0.2, 0.25) is 0 Å². The van der Waals surface area contributed by atoms with Crippen molar-refractivity contribution in [1.82, 2.24) is 0 Å². The number of para-hydroxylation sites is 4. The summed E-state index contributed by atoms with van der Waals surface area (Å²) >= 11 is 10.5. The summed E-state index contributed by atoms with van der Waals surface area (Å²) < 4.78 is 5.78. The van der Waals surface area contributed by atoms with Gasteiger partial charge in [0.1, 0.15) is 0 Å². The monoisotopic (exact) mass is 1120 g/mol. The second kappa shape index (κ2) is 26.9. The maximum Gasteiger partial charge on any atom is 0.489 e. The summed E-state index contributed by atoms with van der Waals surface area (Å²) in [7, 11) is 0.298. The summed E-state index contributed by atoms with van der Waals surface area (Å²) in [4.78, 5) is 14.3. The second-order valence-corrected chi connectivity index (χ2v) is 22.2. The van der Waals surface area contributed by atoms with Crippen molar-refractivity contribution in [2.24, 2.45) is 0 Å². The number of halogens is 1. The molecule has 11 heteroatoms. The predicted octanol–water partition coefficient (Wildman–Crippen LogP) is 18.4. The topological polar surface area (TPSA) is 56.2 Å². The van der Waals surface area contributed by atoms with Crippen LogP contribution in [0.4, 0.5) is 34.1 Å². The molecular weight excluding hydrogens is 1060 g/mol. The Labute approximate surface area is 467 Å². The lowest BCUT2D eigenvalue weighted by Gasteiger charge is -2.26. The Morgan fingerprint density at radius 1 is 0.387 bits per heavy atom. The largest absolute Gasteiger partial charge is 0.489 e. The van der Waals surface area contributed by atoms with Crippen molar-refractivity contribution in [2.45, 2.75) is 52.5 Å². The number of methoxy groups -OCH3 is 1. The molecule has 2 aliphatic rings. The van der Waals surface area contributed by atoms with E-state index < -0.39 is 7.12 Å². The minimum Gasteiger partial charge on any atom is -0.423 e. The highest BCUT2D eigenvalue weighted by molar-refractivity contribution is 9.10. The van der Waals surface area contributed by atoms with E-state index in [1.807, 2.05) is 59.9 Å². The molecule has 0 saturated carbocycles. The molecule has 0 radical (unpaired) electrons. The number of nitrogens with zero attached hydrogens (tertiary/aromatic N) is 2. The van der Waals surface area contributed by atoms with Crippen LogP contribution in [0.1, 0.15) is 13.3 Å². The standard InChI is InChI=1S/C30H21NS2.C18H14BrN.C12H9BO2S2.C4H10O/c1-3-10-23(11-4-1)31(24-12-5-2-6-13-24)25-20-18-22(19-21-25)26-14-9-17-29-30(26)33-28-16-8-7-15-27(28)32-29;19-15-11-13-18(14-12-15)20(16-7-3-1-4-8-16)17-9-5-2-6-10-17;14-13(15)8-4-3-7-11-12(8)17-10-6-2-1-5-9(10)16-11;1-3-4-5-2/h1-21H;1-14H;1-7,14-15H;3-4H2,1-2H3. The van der Waals surface area contributed by atoms with Crippen LogP contribution >= 0.6 is 63.0 Å². The van der Waals surface area contributed by atoms with Gasteiger partial charge in [-0.05, 0) is 144 Å². The summed E-state index contributed by atoms with van der Waals surface area (Å²) in [6.07, 6.45) is 1.12. The van der Waals surface area contributed by atoms with Gasteiger partial charge < -0.3 is 24.6 Å². The molecule has 0 unspecified atom stereocenters. The van der Waals surface area contributed by atoms with Gasteiger partial charge in [-0.2, -0.15) is 0 Å². The fourth-order valence-corrected chi connectivity index (χ4v) is 13.4. The van der Waals surface area contributed by atoms with Gasteiger partial charge in [0.25, 0.3) is 0 Å². The summed E-state index contributed by atoms with van der Waals surface area (Å²) in [5.74, 6) is 0. The van der Waals surface area contributed by atoms with Crippen LogP contribution in [-0.4, -0.2) is 30.9 Å². The van der Waals surface area contributed by atoms with E-state index in [4.69, 9.17) is 4.74 Å².